The molecule has 3 saturated heterocycles. The molecular formula is C34H47N3O7. The largest absolute Gasteiger partial charge is 0.460 e. The molecule has 10 nitrogen and oxygen atoms in total. The van der Waals surface area contributed by atoms with E-state index in [1.807, 2.05) is 44.2 Å². The molecule has 2 N–H and O–H groups in total. The number of likely N-dealkylation sites (tertiary alicyclic amines) is 1. The zero-order valence-corrected chi connectivity index (χ0v) is 26.2. The van der Waals surface area contributed by atoms with Gasteiger partial charge in [0.1, 0.15) is 17.7 Å². The molecule has 4 rings (SSSR count). The fraction of sp³-hybridized carbons (Fsp3) is 0.588. The van der Waals surface area contributed by atoms with Crippen molar-refractivity contribution >= 4 is 23.7 Å². The minimum atomic E-state index is -1.22. The molecule has 0 aromatic heterocycles. The van der Waals surface area contributed by atoms with Gasteiger partial charge in [-0.25, -0.2) is 0 Å². The number of ether oxygens (including phenoxy) is 2. The predicted molar refractivity (Wildman–Crippen MR) is 165 cm³/mol. The Morgan fingerprint density at radius 2 is 1.93 bits per heavy atom. The first-order chi connectivity index (χ1) is 21.1. The molecule has 1 spiro atoms. The number of allylic oxidation sites excluding steroid dienone is 1. The molecule has 1 aromatic carbocycles. The summed E-state index contributed by atoms with van der Waals surface area (Å²) < 4.78 is 12.3. The molecule has 3 amide bonds. The van der Waals surface area contributed by atoms with Crippen molar-refractivity contribution < 1.29 is 33.8 Å². The summed E-state index contributed by atoms with van der Waals surface area (Å²) in [6.07, 6.45) is 4.38. The van der Waals surface area contributed by atoms with E-state index < -0.39 is 47.7 Å². The zero-order chi connectivity index (χ0) is 32.0. The Hall–Kier alpha value is -3.50. The van der Waals surface area contributed by atoms with Gasteiger partial charge in [0.25, 0.3) is 0 Å². The summed E-state index contributed by atoms with van der Waals surface area (Å²) in [6.45, 7) is 13.5. The van der Waals surface area contributed by atoms with E-state index >= 15 is 0 Å². The number of nitrogens with zero attached hydrogens (tertiary/aromatic N) is 2. The van der Waals surface area contributed by atoms with Gasteiger partial charge < -0.3 is 29.7 Å². The van der Waals surface area contributed by atoms with E-state index in [1.54, 1.807) is 24.0 Å². The fourth-order valence-corrected chi connectivity index (χ4v) is 7.11. The molecule has 44 heavy (non-hydrogen) atoms. The molecule has 3 fully saturated rings. The van der Waals surface area contributed by atoms with Crippen LogP contribution in [-0.2, 0) is 35.2 Å². The van der Waals surface area contributed by atoms with Crippen LogP contribution < -0.4 is 5.32 Å². The van der Waals surface area contributed by atoms with Gasteiger partial charge in [-0.3, -0.25) is 19.2 Å². The molecule has 3 aliphatic heterocycles. The second-order valence-corrected chi connectivity index (χ2v) is 12.6. The van der Waals surface area contributed by atoms with Crippen LogP contribution in [0.5, 0.6) is 0 Å². The SMILES string of the molecule is C=CCCC(=O)NC[C@@H](C)OC(=O)[C@@H]1[C@@H]2CC[C@]3(O2)[C@H](C(=O)N(CC=C)Cc2ccccc2)N([C@@H](CO)CC(C)C)C(=O)[C@@H]13. The van der Waals surface area contributed by atoms with Gasteiger partial charge in [-0.2, -0.15) is 0 Å². The van der Waals surface area contributed by atoms with Gasteiger partial charge in [-0.05, 0) is 44.1 Å². The van der Waals surface area contributed by atoms with Crippen molar-refractivity contribution in [2.24, 2.45) is 17.8 Å². The number of aliphatic hydroxyl groups excluding tert-OH is 1. The molecule has 1 aromatic rings. The van der Waals surface area contributed by atoms with E-state index in [0.29, 0.717) is 38.6 Å². The van der Waals surface area contributed by atoms with Crippen molar-refractivity contribution in [2.45, 2.75) is 89.3 Å². The average Bonchev–Trinajstić information content (AvgIpc) is 3.65. The summed E-state index contributed by atoms with van der Waals surface area (Å²) in [6, 6.07) is 7.95. The Kier molecular flexibility index (Phi) is 11.0. The van der Waals surface area contributed by atoms with Gasteiger partial charge in [0.05, 0.1) is 37.1 Å². The minimum absolute atomic E-state index is 0.133. The van der Waals surface area contributed by atoms with Gasteiger partial charge in [-0.15, -0.1) is 13.2 Å². The molecule has 0 aliphatic carbocycles. The first kappa shape index (κ1) is 33.4. The van der Waals surface area contributed by atoms with Crippen LogP contribution in [0.4, 0.5) is 0 Å². The maximum absolute atomic E-state index is 14.6. The highest BCUT2D eigenvalue weighted by Crippen LogP contribution is 2.59. The van der Waals surface area contributed by atoms with Crippen LogP contribution in [0.25, 0.3) is 0 Å². The molecule has 10 heteroatoms. The number of benzene rings is 1. The maximum atomic E-state index is 14.6. The standard InChI is InChI=1S/C34H47N3O7/c1-6-8-14-27(39)35-19-23(5)43-33(42)28-26-15-16-34(44-26)29(28)31(40)37(25(21-38)18-22(3)4)30(34)32(41)36(17-7-2)20-24-12-10-9-11-13-24/h6-7,9-13,22-23,25-26,28-30,38H,1-2,8,14-21H2,3-5H3,(H,35,39)/t23-,25-,26+,28-,29-,30+,34-/m1/s1. The Morgan fingerprint density at radius 3 is 2.57 bits per heavy atom. The number of hydrogen-bond donors (Lipinski definition) is 2. The van der Waals surface area contributed by atoms with Crippen LogP contribution >= 0.6 is 0 Å². The molecule has 7 atom stereocenters. The van der Waals surface area contributed by atoms with Crippen molar-refractivity contribution in [3.8, 4) is 0 Å². The number of esters is 1. The third-order valence-electron chi connectivity index (χ3n) is 8.95. The van der Waals surface area contributed by atoms with Crippen molar-refractivity contribution in [3.63, 3.8) is 0 Å². The molecule has 3 aliphatic rings. The normalized spacial score (nSPS) is 26.7. The number of rotatable bonds is 16. The highest BCUT2D eigenvalue weighted by molar-refractivity contribution is 5.98. The predicted octanol–water partition coefficient (Wildman–Crippen LogP) is 3.00. The molecule has 0 radical (unpaired) electrons. The van der Waals surface area contributed by atoms with Crippen LogP contribution in [0.1, 0.15) is 58.4 Å². The monoisotopic (exact) mass is 609 g/mol. The Balaban J connectivity index is 1.63. The van der Waals surface area contributed by atoms with Gasteiger partial charge >= 0.3 is 5.97 Å². The Bertz CT molecular complexity index is 1220. The lowest BCUT2D eigenvalue weighted by molar-refractivity contribution is -0.160. The molecule has 240 valence electrons. The number of fused-ring (bicyclic) bond motifs is 1. The van der Waals surface area contributed by atoms with Gasteiger partial charge in [0.2, 0.25) is 17.7 Å². The fourth-order valence-electron chi connectivity index (χ4n) is 7.11. The van der Waals surface area contributed by atoms with E-state index in [1.165, 1.54) is 4.90 Å². The van der Waals surface area contributed by atoms with Crippen LogP contribution in [-0.4, -0.2) is 88.2 Å². The molecule has 0 unspecified atom stereocenters. The summed E-state index contributed by atoms with van der Waals surface area (Å²) in [5.41, 5.74) is -0.289. The smallest absolute Gasteiger partial charge is 0.312 e. The zero-order valence-electron chi connectivity index (χ0n) is 26.2. The van der Waals surface area contributed by atoms with E-state index in [0.717, 1.165) is 5.56 Å². The maximum Gasteiger partial charge on any atom is 0.312 e. The van der Waals surface area contributed by atoms with Gasteiger partial charge in [0.15, 0.2) is 0 Å². The van der Waals surface area contributed by atoms with Crippen LogP contribution in [0, 0.1) is 17.8 Å². The van der Waals surface area contributed by atoms with Crippen LogP contribution in [0.2, 0.25) is 0 Å². The number of hydrogen-bond acceptors (Lipinski definition) is 7. The highest BCUT2D eigenvalue weighted by Gasteiger charge is 2.75. The van der Waals surface area contributed by atoms with E-state index in [9.17, 15) is 24.3 Å². The molecule has 0 saturated carbocycles. The van der Waals surface area contributed by atoms with E-state index in [4.69, 9.17) is 9.47 Å². The quantitative estimate of drug-likeness (QED) is 0.218. The lowest BCUT2D eigenvalue weighted by Gasteiger charge is -2.39. The number of aliphatic hydroxyl groups is 1. The first-order valence-electron chi connectivity index (χ1n) is 15.7. The molecular weight excluding hydrogens is 562 g/mol. The summed E-state index contributed by atoms with van der Waals surface area (Å²) >= 11 is 0. The van der Waals surface area contributed by atoms with E-state index in [2.05, 4.69) is 18.5 Å². The number of amides is 3. The molecule has 2 bridgehead atoms. The highest BCUT2D eigenvalue weighted by atomic mass is 16.6. The summed E-state index contributed by atoms with van der Waals surface area (Å²) in [5, 5.41) is 13.3. The third kappa shape index (κ3) is 6.76. The first-order valence-corrected chi connectivity index (χ1v) is 15.7. The lowest BCUT2D eigenvalue weighted by atomic mass is 9.70. The third-order valence-corrected chi connectivity index (χ3v) is 8.95. The number of carbonyl (C=O) groups excluding carboxylic acids is 4. The summed E-state index contributed by atoms with van der Waals surface area (Å²) in [4.78, 5) is 57.8. The van der Waals surface area contributed by atoms with Gasteiger partial charge in [-0.1, -0.05) is 56.3 Å². The average molecular weight is 610 g/mol. The van der Waals surface area contributed by atoms with Crippen molar-refractivity contribution in [3.05, 3.63) is 61.2 Å². The van der Waals surface area contributed by atoms with Crippen LogP contribution in [0.3, 0.4) is 0 Å². The second-order valence-electron chi connectivity index (χ2n) is 12.6. The van der Waals surface area contributed by atoms with Gasteiger partial charge in [0, 0.05) is 19.5 Å². The second kappa shape index (κ2) is 14.5. The topological polar surface area (TPSA) is 125 Å². The minimum Gasteiger partial charge on any atom is -0.460 e. The Morgan fingerprint density at radius 1 is 1.20 bits per heavy atom. The molecule has 3 heterocycles. The summed E-state index contributed by atoms with van der Waals surface area (Å²) in [7, 11) is 0. The lowest BCUT2D eigenvalue weighted by Crippen LogP contribution is -2.58. The van der Waals surface area contributed by atoms with Crippen molar-refractivity contribution in [1.29, 1.82) is 0 Å². The number of nitrogens with one attached hydrogen (secondary N) is 1. The van der Waals surface area contributed by atoms with E-state index in [-0.39, 0.29) is 43.3 Å². The number of carbonyl (C=O) groups is 4. The van der Waals surface area contributed by atoms with Crippen molar-refractivity contribution in [2.75, 3.05) is 19.7 Å². The summed E-state index contributed by atoms with van der Waals surface area (Å²) in [5.74, 6) is -3.07. The van der Waals surface area contributed by atoms with Crippen molar-refractivity contribution in [1.82, 2.24) is 15.1 Å². The van der Waals surface area contributed by atoms with Crippen LogP contribution in [0.15, 0.2) is 55.6 Å². The Labute approximate surface area is 260 Å².